The van der Waals surface area contributed by atoms with Crippen LogP contribution in [0.15, 0.2) is 97.2 Å². The summed E-state index contributed by atoms with van der Waals surface area (Å²) in [5.41, 5.74) is 0. The van der Waals surface area contributed by atoms with Crippen molar-refractivity contribution < 1.29 is 28.6 Å². The number of hydrogen-bond donors (Lipinski definition) is 0. The molecule has 400 valence electrons. The van der Waals surface area contributed by atoms with Crippen LogP contribution in [0.1, 0.15) is 271 Å². The van der Waals surface area contributed by atoms with Crippen LogP contribution in [0, 0.1) is 0 Å². The molecule has 0 saturated heterocycles. The zero-order chi connectivity index (χ0) is 50.7. The van der Waals surface area contributed by atoms with Gasteiger partial charge in [0.2, 0.25) is 0 Å². The summed E-state index contributed by atoms with van der Waals surface area (Å²) in [7, 11) is 0. The van der Waals surface area contributed by atoms with Crippen molar-refractivity contribution in [2.45, 2.75) is 277 Å². The first kappa shape index (κ1) is 66.3. The van der Waals surface area contributed by atoms with Crippen LogP contribution >= 0.6 is 0 Å². The molecule has 0 amide bonds. The summed E-state index contributed by atoms with van der Waals surface area (Å²) in [5, 5.41) is 0. The van der Waals surface area contributed by atoms with Gasteiger partial charge in [0.1, 0.15) is 13.2 Å². The molecule has 6 heteroatoms. The van der Waals surface area contributed by atoms with Gasteiger partial charge in [-0.1, -0.05) is 266 Å². The van der Waals surface area contributed by atoms with Crippen molar-refractivity contribution in [3.05, 3.63) is 97.2 Å². The molecular weight excluding hydrogens is 865 g/mol. The normalized spacial score (nSPS) is 12.8. The van der Waals surface area contributed by atoms with Crippen LogP contribution in [0.2, 0.25) is 0 Å². The third-order valence-electron chi connectivity index (χ3n) is 12.4. The number of allylic oxidation sites excluding steroid dienone is 16. The quantitative estimate of drug-likeness (QED) is 0.0262. The van der Waals surface area contributed by atoms with E-state index in [0.717, 1.165) is 116 Å². The van der Waals surface area contributed by atoms with E-state index in [4.69, 9.17) is 14.2 Å². The van der Waals surface area contributed by atoms with Crippen molar-refractivity contribution in [3.63, 3.8) is 0 Å². The first-order chi connectivity index (χ1) is 34.5. The average molecular weight is 974 g/mol. The predicted octanol–water partition coefficient (Wildman–Crippen LogP) is 19.7. The molecule has 1 atom stereocenters. The SMILES string of the molecule is CC/C=C\C/C=C\C/C=C\C/C=C\C/C=C\C/C=C\C/C=C\C/C=C\CCCCCCCCCCC(=O)OCC(COC(=O)CCCCCCCC)OC(=O)CCCCCCCCCCCCCCC. The highest BCUT2D eigenvalue weighted by Crippen LogP contribution is 2.15. The molecule has 0 aromatic rings. The maximum atomic E-state index is 12.8. The molecule has 0 rings (SSSR count). The number of carbonyl (C=O) groups is 3. The summed E-state index contributed by atoms with van der Waals surface area (Å²) >= 11 is 0. The Morgan fingerprint density at radius 1 is 0.300 bits per heavy atom. The second kappa shape index (κ2) is 57.9. The molecule has 0 aliphatic rings. The lowest BCUT2D eigenvalue weighted by Gasteiger charge is -2.18. The molecule has 0 spiro atoms. The van der Waals surface area contributed by atoms with E-state index in [-0.39, 0.29) is 31.1 Å². The number of ether oxygens (including phenoxy) is 3. The minimum atomic E-state index is -0.774. The van der Waals surface area contributed by atoms with Crippen molar-refractivity contribution in [2.75, 3.05) is 13.2 Å². The van der Waals surface area contributed by atoms with Gasteiger partial charge in [-0.2, -0.15) is 0 Å². The minimum Gasteiger partial charge on any atom is -0.462 e. The Kier molecular flexibility index (Phi) is 54.9. The Bertz CT molecular complexity index is 1400. The first-order valence-corrected chi connectivity index (χ1v) is 29.2. The van der Waals surface area contributed by atoms with Gasteiger partial charge in [0.25, 0.3) is 0 Å². The lowest BCUT2D eigenvalue weighted by Crippen LogP contribution is -2.30. The summed E-state index contributed by atoms with van der Waals surface area (Å²) < 4.78 is 16.7. The fourth-order valence-electron chi connectivity index (χ4n) is 7.99. The van der Waals surface area contributed by atoms with Crippen molar-refractivity contribution >= 4 is 17.9 Å². The predicted molar refractivity (Wildman–Crippen MR) is 302 cm³/mol. The highest BCUT2D eigenvalue weighted by Gasteiger charge is 2.19. The van der Waals surface area contributed by atoms with Gasteiger partial charge < -0.3 is 14.2 Å². The number of esters is 3. The molecule has 0 fully saturated rings. The lowest BCUT2D eigenvalue weighted by atomic mass is 10.0. The van der Waals surface area contributed by atoms with Crippen molar-refractivity contribution in [1.29, 1.82) is 0 Å². The van der Waals surface area contributed by atoms with Crippen LogP contribution in [0.3, 0.4) is 0 Å². The standard InChI is InChI=1S/C64H108O6/c1-4-7-10-13-16-18-20-22-23-24-25-26-27-28-29-30-31-32-33-34-35-36-37-38-39-40-41-43-44-46-48-51-54-57-63(66)69-60-61(59-68-62(65)56-53-50-15-12-9-6-3)70-64(67)58-55-52-49-47-45-42-21-19-17-14-11-8-5-2/h7,10,16,18,22-23,25-26,28-29,31-32,34-35,37-38,61H,4-6,8-9,11-15,17,19-21,24,27,30,33,36,39-60H2,1-3H3/b10-7-,18-16-,23-22-,26-25-,29-28-,32-31-,35-34-,38-37-. The third kappa shape index (κ3) is 55.3. The molecule has 0 N–H and O–H groups in total. The van der Waals surface area contributed by atoms with E-state index in [1.165, 1.54) is 116 Å². The highest BCUT2D eigenvalue weighted by molar-refractivity contribution is 5.71. The van der Waals surface area contributed by atoms with E-state index in [2.05, 4.69) is 118 Å². The molecule has 0 bridgehead atoms. The summed E-state index contributed by atoms with van der Waals surface area (Å²) in [6.45, 7) is 6.46. The van der Waals surface area contributed by atoms with Gasteiger partial charge in [0, 0.05) is 19.3 Å². The number of unbranched alkanes of at least 4 members (excludes halogenated alkanes) is 25. The van der Waals surface area contributed by atoms with Crippen molar-refractivity contribution in [2.24, 2.45) is 0 Å². The smallest absolute Gasteiger partial charge is 0.306 e. The zero-order valence-electron chi connectivity index (χ0n) is 45.8. The van der Waals surface area contributed by atoms with E-state index in [1.54, 1.807) is 0 Å². The molecule has 6 nitrogen and oxygen atoms in total. The number of carbonyl (C=O) groups excluding carboxylic acids is 3. The van der Waals surface area contributed by atoms with Crippen LogP contribution < -0.4 is 0 Å². The average Bonchev–Trinajstić information content (AvgIpc) is 3.36. The second-order valence-electron chi connectivity index (χ2n) is 19.2. The monoisotopic (exact) mass is 973 g/mol. The molecule has 0 aromatic heterocycles. The maximum absolute atomic E-state index is 12.8. The van der Waals surface area contributed by atoms with E-state index in [9.17, 15) is 14.4 Å². The van der Waals surface area contributed by atoms with Gasteiger partial charge in [-0.3, -0.25) is 14.4 Å². The summed E-state index contributed by atoms with van der Waals surface area (Å²) in [6, 6.07) is 0. The zero-order valence-corrected chi connectivity index (χ0v) is 45.8. The summed E-state index contributed by atoms with van der Waals surface area (Å²) in [6.07, 6.45) is 77.2. The molecule has 0 heterocycles. The summed E-state index contributed by atoms with van der Waals surface area (Å²) in [5.74, 6) is -0.892. The number of rotatable bonds is 52. The molecule has 0 radical (unpaired) electrons. The van der Waals surface area contributed by atoms with Crippen LogP contribution in [0.25, 0.3) is 0 Å². The van der Waals surface area contributed by atoms with Crippen LogP contribution in [-0.4, -0.2) is 37.2 Å². The topological polar surface area (TPSA) is 78.9 Å². The molecular formula is C64H108O6. The van der Waals surface area contributed by atoms with Gasteiger partial charge in [0.15, 0.2) is 6.10 Å². The van der Waals surface area contributed by atoms with Crippen LogP contribution in [0.4, 0.5) is 0 Å². The molecule has 0 aliphatic carbocycles. The minimum absolute atomic E-state index is 0.0771. The van der Waals surface area contributed by atoms with Crippen LogP contribution in [0.5, 0.6) is 0 Å². The van der Waals surface area contributed by atoms with Gasteiger partial charge in [-0.05, 0) is 83.5 Å². The van der Waals surface area contributed by atoms with Gasteiger partial charge in [-0.15, -0.1) is 0 Å². The highest BCUT2D eigenvalue weighted by atomic mass is 16.6. The maximum Gasteiger partial charge on any atom is 0.306 e. The van der Waals surface area contributed by atoms with E-state index in [1.807, 2.05) is 0 Å². The Labute approximate surface area is 432 Å². The summed E-state index contributed by atoms with van der Waals surface area (Å²) in [4.78, 5) is 37.8. The first-order valence-electron chi connectivity index (χ1n) is 29.2. The van der Waals surface area contributed by atoms with Gasteiger partial charge >= 0.3 is 17.9 Å². The fraction of sp³-hybridized carbons (Fsp3) is 0.703. The molecule has 0 aliphatic heterocycles. The molecule has 1 unspecified atom stereocenters. The van der Waals surface area contributed by atoms with Crippen LogP contribution in [-0.2, 0) is 28.6 Å². The van der Waals surface area contributed by atoms with E-state index < -0.39 is 6.10 Å². The Hall–Kier alpha value is -3.67. The molecule has 70 heavy (non-hydrogen) atoms. The Morgan fingerprint density at radius 3 is 0.871 bits per heavy atom. The molecule has 0 saturated carbocycles. The van der Waals surface area contributed by atoms with Crippen molar-refractivity contribution in [1.82, 2.24) is 0 Å². The van der Waals surface area contributed by atoms with Gasteiger partial charge in [-0.25, -0.2) is 0 Å². The number of hydrogen-bond acceptors (Lipinski definition) is 6. The van der Waals surface area contributed by atoms with Crippen molar-refractivity contribution in [3.8, 4) is 0 Å². The Balaban J connectivity index is 4.08. The fourth-order valence-corrected chi connectivity index (χ4v) is 7.99. The van der Waals surface area contributed by atoms with E-state index in [0.29, 0.717) is 19.3 Å². The van der Waals surface area contributed by atoms with E-state index >= 15 is 0 Å². The van der Waals surface area contributed by atoms with Gasteiger partial charge in [0.05, 0.1) is 0 Å². The third-order valence-corrected chi connectivity index (χ3v) is 12.4. The molecule has 0 aromatic carbocycles. The Morgan fingerprint density at radius 2 is 0.557 bits per heavy atom. The largest absolute Gasteiger partial charge is 0.462 e. The lowest BCUT2D eigenvalue weighted by molar-refractivity contribution is -0.167. The second-order valence-corrected chi connectivity index (χ2v) is 19.2.